The molecule has 2 aromatic heterocycles. The summed E-state index contributed by atoms with van der Waals surface area (Å²) in [5.74, 6) is 0. The summed E-state index contributed by atoms with van der Waals surface area (Å²) < 4.78 is 7.48. The van der Waals surface area contributed by atoms with Crippen molar-refractivity contribution in [3.05, 3.63) is 40.3 Å². The van der Waals surface area contributed by atoms with Crippen molar-refractivity contribution in [2.24, 2.45) is 7.05 Å². The number of amides is 2. The number of rotatable bonds is 7. The first-order valence-electron chi connectivity index (χ1n) is 8.35. The summed E-state index contributed by atoms with van der Waals surface area (Å²) in [6.45, 7) is 2.70. The number of carbonyl (C=O) groups excluding carboxylic acids is 1. The highest BCUT2D eigenvalue weighted by molar-refractivity contribution is 7.09. The molecule has 1 N–H and O–H groups in total. The zero-order valence-electron chi connectivity index (χ0n) is 14.0. The first-order valence-corrected chi connectivity index (χ1v) is 9.23. The van der Waals surface area contributed by atoms with Crippen LogP contribution >= 0.6 is 11.3 Å². The molecule has 0 unspecified atom stereocenters. The van der Waals surface area contributed by atoms with Gasteiger partial charge in [-0.05, 0) is 36.3 Å². The monoisotopic (exact) mass is 348 g/mol. The molecule has 1 saturated heterocycles. The van der Waals surface area contributed by atoms with Crippen molar-refractivity contribution in [1.29, 1.82) is 0 Å². The topological polar surface area (TPSA) is 59.4 Å². The minimum absolute atomic E-state index is 0.0252. The lowest BCUT2D eigenvalue weighted by atomic mass is 10.2. The second-order valence-corrected chi connectivity index (χ2v) is 7.13. The Morgan fingerprint density at radius 1 is 1.58 bits per heavy atom. The molecule has 2 aromatic rings. The fourth-order valence-electron chi connectivity index (χ4n) is 2.87. The van der Waals surface area contributed by atoms with E-state index in [1.807, 2.05) is 35.8 Å². The Hall–Kier alpha value is -1.86. The van der Waals surface area contributed by atoms with Crippen LogP contribution in [0.25, 0.3) is 0 Å². The normalized spacial score (nSPS) is 17.1. The zero-order valence-corrected chi connectivity index (χ0v) is 14.8. The molecule has 0 saturated carbocycles. The lowest BCUT2D eigenvalue weighted by Gasteiger charge is -2.25. The summed E-state index contributed by atoms with van der Waals surface area (Å²) >= 11 is 1.68. The van der Waals surface area contributed by atoms with Crippen molar-refractivity contribution in [2.45, 2.75) is 31.9 Å². The van der Waals surface area contributed by atoms with Crippen LogP contribution in [0.15, 0.2) is 29.9 Å². The summed E-state index contributed by atoms with van der Waals surface area (Å²) in [7, 11) is 1.90. The van der Waals surface area contributed by atoms with Gasteiger partial charge in [0.05, 0.1) is 18.8 Å². The van der Waals surface area contributed by atoms with Crippen LogP contribution in [-0.4, -0.2) is 46.5 Å². The molecular weight excluding hydrogens is 324 g/mol. The van der Waals surface area contributed by atoms with E-state index in [4.69, 9.17) is 4.74 Å². The third-order valence-electron chi connectivity index (χ3n) is 4.11. The van der Waals surface area contributed by atoms with Gasteiger partial charge in [0, 0.05) is 37.8 Å². The van der Waals surface area contributed by atoms with E-state index in [0.29, 0.717) is 19.6 Å². The van der Waals surface area contributed by atoms with Crippen molar-refractivity contribution in [3.8, 4) is 0 Å². The maximum absolute atomic E-state index is 12.6. The molecule has 24 heavy (non-hydrogen) atoms. The van der Waals surface area contributed by atoms with Crippen LogP contribution in [0.1, 0.15) is 23.3 Å². The van der Waals surface area contributed by atoms with E-state index in [2.05, 4.69) is 16.5 Å². The molecule has 0 spiro atoms. The molecule has 0 bridgehead atoms. The number of thiophene rings is 1. The van der Waals surface area contributed by atoms with E-state index in [9.17, 15) is 4.79 Å². The molecule has 1 atom stereocenters. The number of hydrogen-bond acceptors (Lipinski definition) is 4. The fourth-order valence-corrected chi connectivity index (χ4v) is 3.59. The molecule has 6 nitrogen and oxygen atoms in total. The van der Waals surface area contributed by atoms with E-state index in [-0.39, 0.29) is 12.1 Å². The molecule has 0 aliphatic carbocycles. The van der Waals surface area contributed by atoms with E-state index in [1.165, 1.54) is 4.88 Å². The second-order valence-electron chi connectivity index (χ2n) is 6.10. The molecule has 1 aliphatic rings. The van der Waals surface area contributed by atoms with Crippen LogP contribution in [0, 0.1) is 0 Å². The van der Waals surface area contributed by atoms with E-state index >= 15 is 0 Å². The Kier molecular flexibility index (Phi) is 5.87. The van der Waals surface area contributed by atoms with E-state index < -0.39 is 0 Å². The molecule has 0 aromatic carbocycles. The van der Waals surface area contributed by atoms with Gasteiger partial charge >= 0.3 is 6.03 Å². The van der Waals surface area contributed by atoms with Crippen LogP contribution < -0.4 is 5.32 Å². The van der Waals surface area contributed by atoms with Gasteiger partial charge in [-0.1, -0.05) is 6.07 Å². The standard InChI is InChI=1S/C17H24N4O2S/c1-20-11-14(10-19-20)6-7-18-17(22)21(12-15-4-2-8-23-15)13-16-5-3-9-24-16/h3,5,9-11,15H,2,4,6-8,12-13H2,1H3,(H,18,22)/t15-/m1/s1. The summed E-state index contributed by atoms with van der Waals surface area (Å²) in [6, 6.07) is 4.06. The number of carbonyl (C=O) groups is 1. The SMILES string of the molecule is Cn1cc(CCNC(=O)N(Cc2cccs2)C[C@H]2CCCO2)cn1. The van der Waals surface area contributed by atoms with Crippen molar-refractivity contribution < 1.29 is 9.53 Å². The van der Waals surface area contributed by atoms with Crippen molar-refractivity contribution in [3.63, 3.8) is 0 Å². The summed E-state index contributed by atoms with van der Waals surface area (Å²) in [5, 5.41) is 9.21. The molecular formula is C17H24N4O2S. The van der Waals surface area contributed by atoms with E-state index in [0.717, 1.165) is 31.4 Å². The Balaban J connectivity index is 1.52. The number of aryl methyl sites for hydroxylation is 1. The van der Waals surface area contributed by atoms with Gasteiger partial charge in [-0.25, -0.2) is 4.79 Å². The van der Waals surface area contributed by atoms with Crippen LogP contribution in [0.4, 0.5) is 4.79 Å². The molecule has 7 heteroatoms. The van der Waals surface area contributed by atoms with Crippen molar-refractivity contribution >= 4 is 17.4 Å². The van der Waals surface area contributed by atoms with Crippen LogP contribution in [-0.2, 0) is 24.8 Å². The van der Waals surface area contributed by atoms with Crippen LogP contribution in [0.5, 0.6) is 0 Å². The first kappa shape index (κ1) is 17.0. The molecule has 3 heterocycles. The van der Waals surface area contributed by atoms with Gasteiger partial charge < -0.3 is 15.0 Å². The average molecular weight is 348 g/mol. The van der Waals surface area contributed by atoms with Gasteiger partial charge in [-0.3, -0.25) is 4.68 Å². The van der Waals surface area contributed by atoms with Gasteiger partial charge in [-0.15, -0.1) is 11.3 Å². The minimum atomic E-state index is -0.0252. The van der Waals surface area contributed by atoms with Crippen LogP contribution in [0.2, 0.25) is 0 Å². The average Bonchev–Trinajstić information content (AvgIpc) is 3.30. The van der Waals surface area contributed by atoms with Gasteiger partial charge in [0.25, 0.3) is 0 Å². The van der Waals surface area contributed by atoms with Gasteiger partial charge in [0.2, 0.25) is 0 Å². The number of ether oxygens (including phenoxy) is 1. The first-order chi connectivity index (χ1) is 11.7. The molecule has 1 aliphatic heterocycles. The van der Waals surface area contributed by atoms with Gasteiger partial charge in [0.15, 0.2) is 0 Å². The summed E-state index contributed by atoms with van der Waals surface area (Å²) in [4.78, 5) is 15.7. The summed E-state index contributed by atoms with van der Waals surface area (Å²) in [5.41, 5.74) is 1.13. The highest BCUT2D eigenvalue weighted by Crippen LogP contribution is 2.17. The lowest BCUT2D eigenvalue weighted by molar-refractivity contribution is 0.0798. The molecule has 3 rings (SSSR count). The third kappa shape index (κ3) is 4.82. The number of urea groups is 1. The third-order valence-corrected chi connectivity index (χ3v) is 4.97. The maximum atomic E-state index is 12.6. The van der Waals surface area contributed by atoms with E-state index in [1.54, 1.807) is 16.0 Å². The Labute approximate surface area is 146 Å². The highest BCUT2D eigenvalue weighted by Gasteiger charge is 2.22. The Bertz CT molecular complexity index is 635. The Morgan fingerprint density at radius 2 is 2.50 bits per heavy atom. The van der Waals surface area contributed by atoms with Crippen molar-refractivity contribution in [1.82, 2.24) is 20.0 Å². The largest absolute Gasteiger partial charge is 0.376 e. The molecule has 1 fully saturated rings. The number of hydrogen-bond donors (Lipinski definition) is 1. The Morgan fingerprint density at radius 3 is 3.17 bits per heavy atom. The van der Waals surface area contributed by atoms with Crippen molar-refractivity contribution in [2.75, 3.05) is 19.7 Å². The number of nitrogens with zero attached hydrogens (tertiary/aromatic N) is 3. The van der Waals surface area contributed by atoms with Gasteiger partial charge in [-0.2, -0.15) is 5.10 Å². The molecule has 0 radical (unpaired) electrons. The summed E-state index contributed by atoms with van der Waals surface area (Å²) in [6.07, 6.45) is 6.87. The maximum Gasteiger partial charge on any atom is 0.317 e. The predicted molar refractivity (Wildman–Crippen MR) is 94.0 cm³/mol. The fraction of sp³-hybridized carbons (Fsp3) is 0.529. The quantitative estimate of drug-likeness (QED) is 0.836. The lowest BCUT2D eigenvalue weighted by Crippen LogP contribution is -2.43. The molecule has 130 valence electrons. The van der Waals surface area contributed by atoms with Gasteiger partial charge in [0.1, 0.15) is 0 Å². The van der Waals surface area contributed by atoms with Crippen LogP contribution in [0.3, 0.4) is 0 Å². The highest BCUT2D eigenvalue weighted by atomic mass is 32.1. The molecule has 2 amide bonds. The number of aromatic nitrogens is 2. The minimum Gasteiger partial charge on any atom is -0.376 e. The zero-order chi connectivity index (χ0) is 16.8. The smallest absolute Gasteiger partial charge is 0.317 e. The number of nitrogens with one attached hydrogen (secondary N) is 1. The second kappa shape index (κ2) is 8.30. The predicted octanol–water partition coefficient (Wildman–Crippen LogP) is 2.41.